The van der Waals surface area contributed by atoms with E-state index in [1.807, 2.05) is 50.2 Å². The van der Waals surface area contributed by atoms with Gasteiger partial charge < -0.3 is 10.1 Å². The predicted octanol–water partition coefficient (Wildman–Crippen LogP) is 4.67. The molecule has 1 aliphatic rings. The molecule has 1 aliphatic heterocycles. The number of amides is 2. The third-order valence-electron chi connectivity index (χ3n) is 5.78. The number of nitrogens with one attached hydrogen (secondary N) is 1. The molecule has 170 valence electrons. The summed E-state index contributed by atoms with van der Waals surface area (Å²) in [6.45, 7) is 8.59. The molecule has 0 aliphatic carbocycles. The maximum Gasteiger partial charge on any atom is 0.414 e. The van der Waals surface area contributed by atoms with Crippen LogP contribution in [0.5, 0.6) is 0 Å². The number of rotatable bonds is 6. The van der Waals surface area contributed by atoms with E-state index in [0.717, 1.165) is 22.4 Å². The number of cyclic esters (lactones) is 1. The molecule has 7 nitrogen and oxygen atoms in total. The fourth-order valence-electron chi connectivity index (χ4n) is 3.80. The number of aromatic nitrogens is 2. The SMILES string of the molecule is Cc1ccc(-c2cc(C(=O)NCc3cnc(C)cn3)cc(N3C(=O)OC[C@H]3C(C)C)c2)cc1. The van der Waals surface area contributed by atoms with Crippen LogP contribution in [0.3, 0.4) is 0 Å². The van der Waals surface area contributed by atoms with Gasteiger partial charge in [0.15, 0.2) is 0 Å². The van der Waals surface area contributed by atoms with Gasteiger partial charge in [0.25, 0.3) is 5.91 Å². The molecule has 2 aromatic carbocycles. The zero-order valence-electron chi connectivity index (χ0n) is 19.3. The van der Waals surface area contributed by atoms with Crippen molar-refractivity contribution in [2.45, 2.75) is 40.3 Å². The minimum absolute atomic E-state index is 0.0930. The van der Waals surface area contributed by atoms with Crippen molar-refractivity contribution in [3.63, 3.8) is 0 Å². The van der Waals surface area contributed by atoms with Gasteiger partial charge in [-0.3, -0.25) is 19.7 Å². The Balaban J connectivity index is 1.69. The summed E-state index contributed by atoms with van der Waals surface area (Å²) in [5.74, 6) is -0.0434. The monoisotopic (exact) mass is 444 g/mol. The van der Waals surface area contributed by atoms with E-state index in [1.165, 1.54) is 0 Å². The van der Waals surface area contributed by atoms with Crippen molar-refractivity contribution in [2.75, 3.05) is 11.5 Å². The number of carbonyl (C=O) groups excluding carboxylic acids is 2. The molecule has 0 unspecified atom stereocenters. The molecule has 7 heteroatoms. The minimum Gasteiger partial charge on any atom is -0.447 e. The lowest BCUT2D eigenvalue weighted by Gasteiger charge is -2.25. The van der Waals surface area contributed by atoms with Crippen LogP contribution in [0.2, 0.25) is 0 Å². The Bertz CT molecular complexity index is 1160. The Morgan fingerprint density at radius 2 is 1.85 bits per heavy atom. The first-order chi connectivity index (χ1) is 15.8. The van der Waals surface area contributed by atoms with Crippen LogP contribution in [0.4, 0.5) is 10.5 Å². The van der Waals surface area contributed by atoms with E-state index < -0.39 is 6.09 Å². The van der Waals surface area contributed by atoms with Crippen LogP contribution in [-0.2, 0) is 11.3 Å². The summed E-state index contributed by atoms with van der Waals surface area (Å²) in [5, 5.41) is 2.91. The third kappa shape index (κ3) is 5.03. The summed E-state index contributed by atoms with van der Waals surface area (Å²) >= 11 is 0. The first-order valence-corrected chi connectivity index (χ1v) is 11.1. The lowest BCUT2D eigenvalue weighted by atomic mass is 9.98. The largest absolute Gasteiger partial charge is 0.447 e. The highest BCUT2D eigenvalue weighted by Gasteiger charge is 2.36. The predicted molar refractivity (Wildman–Crippen MR) is 127 cm³/mol. The van der Waals surface area contributed by atoms with Crippen LogP contribution in [0.15, 0.2) is 54.9 Å². The van der Waals surface area contributed by atoms with Gasteiger partial charge >= 0.3 is 6.09 Å². The van der Waals surface area contributed by atoms with Gasteiger partial charge in [0, 0.05) is 17.4 Å². The highest BCUT2D eigenvalue weighted by Crippen LogP contribution is 2.32. The van der Waals surface area contributed by atoms with Crippen molar-refractivity contribution in [3.05, 3.63) is 77.4 Å². The van der Waals surface area contributed by atoms with E-state index in [-0.39, 0.29) is 24.4 Å². The fourth-order valence-corrected chi connectivity index (χ4v) is 3.80. The Labute approximate surface area is 193 Å². The number of hydrogen-bond acceptors (Lipinski definition) is 5. The van der Waals surface area contributed by atoms with Gasteiger partial charge in [0.05, 0.1) is 30.2 Å². The average molecular weight is 445 g/mol. The normalized spacial score (nSPS) is 15.6. The Morgan fingerprint density at radius 3 is 2.52 bits per heavy atom. The van der Waals surface area contributed by atoms with Crippen molar-refractivity contribution in [1.29, 1.82) is 0 Å². The van der Waals surface area contributed by atoms with Crippen molar-refractivity contribution in [2.24, 2.45) is 5.92 Å². The summed E-state index contributed by atoms with van der Waals surface area (Å²) in [6, 6.07) is 13.5. The molecule has 1 fully saturated rings. The molecule has 1 saturated heterocycles. The van der Waals surface area contributed by atoms with Gasteiger partial charge in [-0.1, -0.05) is 43.7 Å². The van der Waals surface area contributed by atoms with Crippen LogP contribution >= 0.6 is 0 Å². The molecule has 33 heavy (non-hydrogen) atoms. The molecule has 3 aromatic rings. The molecule has 2 amide bonds. The summed E-state index contributed by atoms with van der Waals surface area (Å²) < 4.78 is 5.34. The number of ether oxygens (including phenoxy) is 1. The molecular formula is C26H28N4O3. The zero-order chi connectivity index (χ0) is 23.5. The van der Waals surface area contributed by atoms with Gasteiger partial charge in [0.1, 0.15) is 6.61 Å². The van der Waals surface area contributed by atoms with Crippen molar-refractivity contribution < 1.29 is 14.3 Å². The number of nitrogens with zero attached hydrogens (tertiary/aromatic N) is 3. The first kappa shape index (κ1) is 22.5. The maximum absolute atomic E-state index is 13.1. The Hall–Kier alpha value is -3.74. The quantitative estimate of drug-likeness (QED) is 0.597. The van der Waals surface area contributed by atoms with Crippen LogP contribution in [0, 0.1) is 19.8 Å². The standard InChI is InChI=1S/C26H28N4O3/c1-16(2)24-15-33-26(32)30(24)23-10-20(19-7-5-17(3)6-8-19)9-21(11-23)25(31)29-14-22-13-27-18(4)12-28-22/h5-13,16,24H,14-15H2,1-4H3,(H,29,31)/t24-/m0/s1. The van der Waals surface area contributed by atoms with Gasteiger partial charge in [-0.2, -0.15) is 0 Å². The second-order valence-corrected chi connectivity index (χ2v) is 8.72. The molecule has 0 spiro atoms. The molecule has 2 heterocycles. The van der Waals surface area contributed by atoms with Crippen LogP contribution < -0.4 is 10.2 Å². The zero-order valence-corrected chi connectivity index (χ0v) is 19.3. The van der Waals surface area contributed by atoms with Gasteiger partial charge in [-0.05, 0) is 49.1 Å². The molecule has 1 atom stereocenters. The molecule has 0 saturated carbocycles. The van der Waals surface area contributed by atoms with Gasteiger partial charge in [0.2, 0.25) is 0 Å². The molecule has 1 N–H and O–H groups in total. The van der Waals surface area contributed by atoms with Gasteiger partial charge in [-0.25, -0.2) is 4.79 Å². The van der Waals surface area contributed by atoms with Crippen molar-refractivity contribution in [3.8, 4) is 11.1 Å². The molecule has 0 radical (unpaired) electrons. The molecule has 0 bridgehead atoms. The van der Waals surface area contributed by atoms with Crippen LogP contribution in [-0.4, -0.2) is 34.6 Å². The van der Waals surface area contributed by atoms with E-state index in [0.29, 0.717) is 23.6 Å². The lowest BCUT2D eigenvalue weighted by molar-refractivity contribution is 0.0950. The Morgan fingerprint density at radius 1 is 1.09 bits per heavy atom. The maximum atomic E-state index is 13.1. The van der Waals surface area contributed by atoms with E-state index >= 15 is 0 Å². The first-order valence-electron chi connectivity index (χ1n) is 11.1. The summed E-state index contributed by atoms with van der Waals surface area (Å²) in [7, 11) is 0. The number of hydrogen-bond donors (Lipinski definition) is 1. The Kier molecular flexibility index (Phi) is 6.40. The lowest BCUT2D eigenvalue weighted by Crippen LogP contribution is -2.37. The third-order valence-corrected chi connectivity index (χ3v) is 5.78. The molecule has 1 aromatic heterocycles. The average Bonchev–Trinajstić information content (AvgIpc) is 3.20. The second-order valence-electron chi connectivity index (χ2n) is 8.72. The van der Waals surface area contributed by atoms with Crippen molar-refractivity contribution in [1.82, 2.24) is 15.3 Å². The smallest absolute Gasteiger partial charge is 0.414 e. The molecule has 4 rings (SSSR count). The van der Waals surface area contributed by atoms with E-state index in [1.54, 1.807) is 23.4 Å². The van der Waals surface area contributed by atoms with Gasteiger partial charge in [-0.15, -0.1) is 0 Å². The topological polar surface area (TPSA) is 84.4 Å². The number of anilines is 1. The number of carbonyl (C=O) groups is 2. The highest BCUT2D eigenvalue weighted by atomic mass is 16.6. The summed E-state index contributed by atoms with van der Waals surface area (Å²) in [6.07, 6.45) is 2.93. The molecular weight excluding hydrogens is 416 g/mol. The number of benzene rings is 2. The summed E-state index contributed by atoms with van der Waals surface area (Å²) in [4.78, 5) is 35.8. The fraction of sp³-hybridized carbons (Fsp3) is 0.308. The van der Waals surface area contributed by atoms with Crippen LogP contribution in [0.25, 0.3) is 11.1 Å². The van der Waals surface area contributed by atoms with E-state index in [2.05, 4.69) is 29.1 Å². The highest BCUT2D eigenvalue weighted by molar-refractivity contribution is 5.99. The second kappa shape index (κ2) is 9.40. The van der Waals surface area contributed by atoms with Crippen molar-refractivity contribution >= 4 is 17.7 Å². The minimum atomic E-state index is -0.393. The number of aryl methyl sites for hydroxylation is 2. The summed E-state index contributed by atoms with van der Waals surface area (Å²) in [5.41, 5.74) is 5.57. The van der Waals surface area contributed by atoms with E-state index in [9.17, 15) is 9.59 Å². The van der Waals surface area contributed by atoms with E-state index in [4.69, 9.17) is 4.74 Å². The van der Waals surface area contributed by atoms with Crippen LogP contribution in [0.1, 0.15) is 41.2 Å².